The van der Waals surface area contributed by atoms with Crippen LogP contribution < -0.4 is 10.6 Å². The zero-order valence-corrected chi connectivity index (χ0v) is 21.5. The molecule has 3 N–H and O–H groups in total. The van der Waals surface area contributed by atoms with Crippen molar-refractivity contribution in [3.63, 3.8) is 0 Å². The van der Waals surface area contributed by atoms with E-state index in [1.807, 2.05) is 13.2 Å². The number of thioether (sulfide) groups is 1. The Bertz CT molecular complexity index is 764. The Kier molecular flexibility index (Phi) is 12.1. The molecule has 0 aromatic heterocycles. The third-order valence-corrected chi connectivity index (χ3v) is 5.47. The molecule has 0 fully saturated rings. The fourth-order valence-electron chi connectivity index (χ4n) is 3.22. The third kappa shape index (κ3) is 9.94. The molecule has 0 heterocycles. The average Bonchev–Trinajstić information content (AvgIpc) is 2.74. The topological polar surface area (TPSA) is 108 Å². The highest BCUT2D eigenvalue weighted by Crippen LogP contribution is 2.25. The van der Waals surface area contributed by atoms with E-state index in [1.165, 1.54) is 17.0 Å². The van der Waals surface area contributed by atoms with Gasteiger partial charge in [0.25, 0.3) is 0 Å². The number of hydrogen-bond donors (Lipinski definition) is 3. The van der Waals surface area contributed by atoms with Crippen LogP contribution >= 0.6 is 11.8 Å². The van der Waals surface area contributed by atoms with Gasteiger partial charge in [-0.2, -0.15) is 11.8 Å². The van der Waals surface area contributed by atoms with Crippen LogP contribution in [0.4, 0.5) is 4.79 Å². The molecule has 3 amide bonds. The van der Waals surface area contributed by atoms with Crippen LogP contribution in [-0.2, 0) is 14.3 Å². The number of benzene rings is 1. The average molecular weight is 482 g/mol. The van der Waals surface area contributed by atoms with Gasteiger partial charge >= 0.3 is 6.09 Å². The number of amides is 3. The summed E-state index contributed by atoms with van der Waals surface area (Å²) in [5.41, 5.74) is -0.118. The normalized spacial score (nSPS) is 13.0. The first-order chi connectivity index (χ1) is 15.5. The largest absolute Gasteiger partial charge is 0.508 e. The molecule has 0 aliphatic rings. The third-order valence-electron chi connectivity index (χ3n) is 4.82. The monoisotopic (exact) mass is 481 g/mol. The van der Waals surface area contributed by atoms with Gasteiger partial charge in [0.1, 0.15) is 23.4 Å². The molecule has 0 bridgehead atoms. The van der Waals surface area contributed by atoms with E-state index in [9.17, 15) is 19.5 Å². The second-order valence-electron chi connectivity index (χ2n) is 8.74. The van der Waals surface area contributed by atoms with Crippen molar-refractivity contribution >= 4 is 29.7 Å². The van der Waals surface area contributed by atoms with Crippen molar-refractivity contribution in [2.24, 2.45) is 0 Å². The van der Waals surface area contributed by atoms with Crippen LogP contribution in [0.2, 0.25) is 0 Å². The standard InChI is InChI=1S/C24H39N3O5S/c1-7-9-15-25-21(29)20(17-10-12-18(28)13-11-17)27(8-2)22(30)19(14-16-33-6)26-23(31)32-24(3,4)5/h10-13,19-20,28H,7-9,14-16H2,1-6H3,(H,25,29)(H,26,31). The van der Waals surface area contributed by atoms with Crippen molar-refractivity contribution < 1.29 is 24.2 Å². The van der Waals surface area contributed by atoms with Gasteiger partial charge in [-0.15, -0.1) is 0 Å². The number of phenols is 1. The summed E-state index contributed by atoms with van der Waals surface area (Å²) < 4.78 is 5.35. The first-order valence-electron chi connectivity index (χ1n) is 11.4. The summed E-state index contributed by atoms with van der Waals surface area (Å²) in [6.07, 6.45) is 3.40. The van der Waals surface area contributed by atoms with Crippen LogP contribution in [0.3, 0.4) is 0 Å². The van der Waals surface area contributed by atoms with E-state index < -0.39 is 23.8 Å². The Morgan fingerprint density at radius 2 is 1.79 bits per heavy atom. The van der Waals surface area contributed by atoms with E-state index >= 15 is 0 Å². The first-order valence-corrected chi connectivity index (χ1v) is 12.8. The summed E-state index contributed by atoms with van der Waals surface area (Å²) >= 11 is 1.56. The molecule has 8 nitrogen and oxygen atoms in total. The molecule has 2 unspecified atom stereocenters. The van der Waals surface area contributed by atoms with Crippen molar-refractivity contribution in [3.8, 4) is 5.75 Å². The number of rotatable bonds is 12. The minimum Gasteiger partial charge on any atom is -0.508 e. The quantitative estimate of drug-likeness (QED) is 0.392. The predicted octanol–water partition coefficient (Wildman–Crippen LogP) is 3.84. The second kappa shape index (κ2) is 14.0. The molecule has 1 rings (SSSR count). The Hall–Kier alpha value is -2.42. The number of ether oxygens (including phenoxy) is 1. The van der Waals surface area contributed by atoms with Gasteiger partial charge in [-0.25, -0.2) is 4.79 Å². The van der Waals surface area contributed by atoms with Crippen LogP contribution in [-0.4, -0.2) is 64.7 Å². The number of carbonyl (C=O) groups is 3. The number of unbranched alkanes of at least 4 members (excludes halogenated alkanes) is 1. The summed E-state index contributed by atoms with van der Waals surface area (Å²) in [6.45, 7) is 9.86. The second-order valence-corrected chi connectivity index (χ2v) is 9.73. The van der Waals surface area contributed by atoms with E-state index in [1.54, 1.807) is 51.6 Å². The number of carbonyl (C=O) groups excluding carboxylic acids is 3. The van der Waals surface area contributed by atoms with Crippen molar-refractivity contribution in [3.05, 3.63) is 29.8 Å². The molecule has 0 aliphatic carbocycles. The van der Waals surface area contributed by atoms with E-state index in [-0.39, 0.29) is 24.1 Å². The number of aromatic hydroxyl groups is 1. The summed E-state index contributed by atoms with van der Waals surface area (Å²) in [6, 6.07) is 4.52. The van der Waals surface area contributed by atoms with Crippen LogP contribution in [0.25, 0.3) is 0 Å². The Labute approximate surface area is 201 Å². The summed E-state index contributed by atoms with van der Waals surface area (Å²) in [7, 11) is 0. The lowest BCUT2D eigenvalue weighted by Crippen LogP contribution is -2.53. The minimum atomic E-state index is -0.892. The summed E-state index contributed by atoms with van der Waals surface area (Å²) in [5, 5.41) is 15.3. The van der Waals surface area contributed by atoms with Gasteiger partial charge in [-0.3, -0.25) is 9.59 Å². The zero-order chi connectivity index (χ0) is 25.0. The molecule has 1 aromatic rings. The van der Waals surface area contributed by atoms with Crippen molar-refractivity contribution in [1.82, 2.24) is 15.5 Å². The van der Waals surface area contributed by atoms with Gasteiger partial charge in [-0.1, -0.05) is 25.5 Å². The molecule has 2 atom stereocenters. The van der Waals surface area contributed by atoms with E-state index in [0.29, 0.717) is 24.3 Å². The maximum Gasteiger partial charge on any atom is 0.408 e. The molecule has 0 saturated carbocycles. The molecular weight excluding hydrogens is 442 g/mol. The van der Waals surface area contributed by atoms with Crippen molar-refractivity contribution in [2.45, 2.75) is 71.6 Å². The molecular formula is C24H39N3O5S. The summed E-state index contributed by atoms with van der Waals surface area (Å²) in [5.74, 6) is 0.0603. The van der Waals surface area contributed by atoms with Gasteiger partial charge in [0, 0.05) is 13.1 Å². The number of hydrogen-bond acceptors (Lipinski definition) is 6. The van der Waals surface area contributed by atoms with E-state index in [4.69, 9.17) is 4.74 Å². The molecule has 186 valence electrons. The van der Waals surface area contributed by atoms with Crippen LogP contribution in [0.1, 0.15) is 65.5 Å². The fourth-order valence-corrected chi connectivity index (χ4v) is 3.69. The Balaban J connectivity index is 3.24. The van der Waals surface area contributed by atoms with Crippen molar-refractivity contribution in [2.75, 3.05) is 25.1 Å². The van der Waals surface area contributed by atoms with Gasteiger partial charge in [0.2, 0.25) is 11.8 Å². The van der Waals surface area contributed by atoms with Crippen LogP contribution in [0.15, 0.2) is 24.3 Å². The SMILES string of the molecule is CCCCNC(=O)C(c1ccc(O)cc1)N(CC)C(=O)C(CCSC)NC(=O)OC(C)(C)C. The van der Waals surface area contributed by atoms with Gasteiger partial charge in [0.05, 0.1) is 0 Å². The number of alkyl carbamates (subject to hydrolysis) is 1. The Morgan fingerprint density at radius 1 is 1.15 bits per heavy atom. The number of likely N-dealkylation sites (N-methyl/N-ethyl adjacent to an activating group) is 1. The summed E-state index contributed by atoms with van der Waals surface area (Å²) in [4.78, 5) is 40.7. The van der Waals surface area contributed by atoms with E-state index in [0.717, 1.165) is 12.8 Å². The molecule has 0 saturated heterocycles. The smallest absolute Gasteiger partial charge is 0.408 e. The zero-order valence-electron chi connectivity index (χ0n) is 20.6. The molecule has 9 heteroatoms. The lowest BCUT2D eigenvalue weighted by atomic mass is 10.0. The van der Waals surface area contributed by atoms with Crippen LogP contribution in [0, 0.1) is 0 Å². The highest BCUT2D eigenvalue weighted by molar-refractivity contribution is 7.98. The molecule has 33 heavy (non-hydrogen) atoms. The van der Waals surface area contributed by atoms with Gasteiger partial charge < -0.3 is 25.4 Å². The Morgan fingerprint density at radius 3 is 2.30 bits per heavy atom. The van der Waals surface area contributed by atoms with E-state index in [2.05, 4.69) is 10.6 Å². The first kappa shape index (κ1) is 28.6. The number of nitrogens with zero attached hydrogens (tertiary/aromatic N) is 1. The van der Waals surface area contributed by atoms with Crippen molar-refractivity contribution in [1.29, 1.82) is 0 Å². The fraction of sp³-hybridized carbons (Fsp3) is 0.625. The van der Waals surface area contributed by atoms with Gasteiger partial charge in [0.15, 0.2) is 0 Å². The minimum absolute atomic E-state index is 0.0719. The number of phenolic OH excluding ortho intramolecular Hbond substituents is 1. The highest BCUT2D eigenvalue weighted by atomic mass is 32.2. The molecule has 0 spiro atoms. The maximum absolute atomic E-state index is 13.6. The predicted molar refractivity (Wildman–Crippen MR) is 132 cm³/mol. The molecule has 0 radical (unpaired) electrons. The molecule has 1 aromatic carbocycles. The van der Waals surface area contributed by atoms with Crippen LogP contribution in [0.5, 0.6) is 5.75 Å². The maximum atomic E-state index is 13.6. The lowest BCUT2D eigenvalue weighted by molar-refractivity contribution is -0.142. The lowest BCUT2D eigenvalue weighted by Gasteiger charge is -2.33. The molecule has 0 aliphatic heterocycles. The van der Waals surface area contributed by atoms with Gasteiger partial charge in [-0.05, 0) is 70.2 Å². The highest BCUT2D eigenvalue weighted by Gasteiger charge is 2.35. The number of nitrogens with one attached hydrogen (secondary N) is 2.